The molecule has 2 unspecified atom stereocenters. The first-order valence-corrected chi connectivity index (χ1v) is 10.6. The lowest BCUT2D eigenvalue weighted by Gasteiger charge is -2.06. The number of amides is 1. The van der Waals surface area contributed by atoms with Crippen molar-refractivity contribution in [2.45, 2.75) is 19.3 Å². The molecule has 1 saturated carbocycles. The molecule has 0 bridgehead atoms. The lowest BCUT2D eigenvalue weighted by Crippen LogP contribution is -2.32. The molecule has 7 heteroatoms. The van der Waals surface area contributed by atoms with E-state index in [9.17, 15) is 9.59 Å². The number of nitrogens with zero attached hydrogens (tertiary/aromatic N) is 2. The lowest BCUT2D eigenvalue weighted by atomic mass is 10.1. The molecule has 6 nitrogen and oxygen atoms in total. The van der Waals surface area contributed by atoms with Crippen LogP contribution in [0.25, 0.3) is 27.4 Å². The number of nitrogens with one attached hydrogen (secondary N) is 1. The number of furan rings is 1. The summed E-state index contributed by atoms with van der Waals surface area (Å²) in [5, 5.41) is 2.41. The van der Waals surface area contributed by atoms with Crippen LogP contribution in [0, 0.1) is 5.92 Å². The van der Waals surface area contributed by atoms with Crippen molar-refractivity contribution < 1.29 is 9.21 Å². The molecule has 30 heavy (non-hydrogen) atoms. The Morgan fingerprint density at radius 3 is 2.83 bits per heavy atom. The summed E-state index contributed by atoms with van der Waals surface area (Å²) in [5.74, 6) is 2.28. The quantitative estimate of drug-likeness (QED) is 0.481. The van der Waals surface area contributed by atoms with Crippen LogP contribution in [-0.2, 0) is 4.79 Å². The number of carbonyl (C=O) groups is 1. The predicted molar refractivity (Wildman–Crippen MR) is 118 cm³/mol. The van der Waals surface area contributed by atoms with E-state index in [1.807, 2.05) is 47.8 Å². The number of benzene rings is 1. The van der Waals surface area contributed by atoms with Gasteiger partial charge in [0, 0.05) is 22.9 Å². The number of aromatic nitrogens is 2. The Morgan fingerprint density at radius 1 is 1.27 bits per heavy atom. The van der Waals surface area contributed by atoms with Crippen molar-refractivity contribution in [3.8, 4) is 11.1 Å². The first kappa shape index (κ1) is 18.6. The second-order valence-corrected chi connectivity index (χ2v) is 8.34. The Hall–Kier alpha value is -3.45. The van der Waals surface area contributed by atoms with Crippen molar-refractivity contribution >= 4 is 33.5 Å². The fourth-order valence-electron chi connectivity index (χ4n) is 3.53. The number of hydrogen-bond donors (Lipinski definition) is 1. The topological polar surface area (TPSA) is 77.1 Å². The van der Waals surface area contributed by atoms with Gasteiger partial charge in [0.15, 0.2) is 0 Å². The highest BCUT2D eigenvalue weighted by Gasteiger charge is 2.36. The van der Waals surface area contributed by atoms with Gasteiger partial charge in [-0.3, -0.25) is 15.0 Å². The first-order valence-electron chi connectivity index (χ1n) is 9.73. The van der Waals surface area contributed by atoms with Gasteiger partial charge in [-0.25, -0.2) is 9.66 Å². The highest BCUT2D eigenvalue weighted by Crippen LogP contribution is 2.47. The molecule has 5 rings (SSSR count). The summed E-state index contributed by atoms with van der Waals surface area (Å²) in [6.45, 7) is 2.19. The first-order chi connectivity index (χ1) is 14.6. The fraction of sp³-hybridized carbons (Fsp3) is 0.174. The van der Waals surface area contributed by atoms with Gasteiger partial charge in [0.1, 0.15) is 22.7 Å². The van der Waals surface area contributed by atoms with Gasteiger partial charge in [-0.2, -0.15) is 0 Å². The molecule has 1 fully saturated rings. The van der Waals surface area contributed by atoms with Crippen LogP contribution < -0.4 is 11.0 Å². The zero-order chi connectivity index (χ0) is 20.7. The molecule has 0 radical (unpaired) electrons. The van der Waals surface area contributed by atoms with E-state index in [1.165, 1.54) is 23.7 Å². The van der Waals surface area contributed by atoms with Crippen LogP contribution in [0.2, 0.25) is 0 Å². The molecule has 1 aromatic carbocycles. The monoisotopic (exact) mass is 417 g/mol. The summed E-state index contributed by atoms with van der Waals surface area (Å²) in [7, 11) is 0. The van der Waals surface area contributed by atoms with Crippen LogP contribution in [0.3, 0.4) is 0 Å². The molecule has 2 atom stereocenters. The maximum absolute atomic E-state index is 13.0. The van der Waals surface area contributed by atoms with E-state index in [-0.39, 0.29) is 5.56 Å². The second-order valence-electron chi connectivity index (χ2n) is 7.48. The SMILES string of the molecule is CC1CC1c1ccc(/C=C/C(=O)Nn2cnc3scc(-c4ccccc4)c3c2=O)o1. The van der Waals surface area contributed by atoms with Crippen LogP contribution >= 0.6 is 11.3 Å². The molecule has 0 saturated heterocycles. The summed E-state index contributed by atoms with van der Waals surface area (Å²) in [6, 6.07) is 13.5. The maximum Gasteiger partial charge on any atom is 0.281 e. The minimum absolute atomic E-state index is 0.315. The van der Waals surface area contributed by atoms with Crippen molar-refractivity contribution in [1.82, 2.24) is 9.66 Å². The van der Waals surface area contributed by atoms with Crippen LogP contribution in [0.5, 0.6) is 0 Å². The standard InChI is InChI=1S/C23H19N3O3S/c1-14-11-17(14)19-9-7-16(29-19)8-10-20(27)25-26-13-24-22-21(23(26)28)18(12-30-22)15-5-3-2-4-6-15/h2-10,12-14,17H,11H2,1H3,(H,25,27)/b10-8+. The zero-order valence-electron chi connectivity index (χ0n) is 16.2. The normalized spacial score (nSPS) is 18.2. The van der Waals surface area contributed by atoms with Crippen LogP contribution in [0.15, 0.2) is 69.5 Å². The van der Waals surface area contributed by atoms with Gasteiger partial charge < -0.3 is 4.42 Å². The fourth-order valence-corrected chi connectivity index (χ4v) is 4.44. The van der Waals surface area contributed by atoms with E-state index < -0.39 is 5.91 Å². The molecule has 1 N–H and O–H groups in total. The summed E-state index contributed by atoms with van der Waals surface area (Å²) in [5.41, 5.74) is 4.00. The number of rotatable bonds is 5. The molecule has 0 aliphatic heterocycles. The summed E-state index contributed by atoms with van der Waals surface area (Å²) in [6.07, 6.45) is 5.43. The molecular weight excluding hydrogens is 398 g/mol. The van der Waals surface area contributed by atoms with Gasteiger partial charge >= 0.3 is 0 Å². The van der Waals surface area contributed by atoms with Gasteiger partial charge in [0.05, 0.1) is 5.39 Å². The lowest BCUT2D eigenvalue weighted by molar-refractivity contribution is -0.112. The van der Waals surface area contributed by atoms with E-state index in [2.05, 4.69) is 17.3 Å². The minimum Gasteiger partial charge on any atom is -0.461 e. The number of carbonyl (C=O) groups excluding carboxylic acids is 1. The maximum atomic E-state index is 13.0. The Morgan fingerprint density at radius 2 is 2.07 bits per heavy atom. The van der Waals surface area contributed by atoms with Gasteiger partial charge in [-0.1, -0.05) is 37.3 Å². The third kappa shape index (κ3) is 3.48. The van der Waals surface area contributed by atoms with Crippen LogP contribution in [0.4, 0.5) is 0 Å². The smallest absolute Gasteiger partial charge is 0.281 e. The average molecular weight is 417 g/mol. The van der Waals surface area contributed by atoms with Crippen LogP contribution in [0.1, 0.15) is 30.8 Å². The van der Waals surface area contributed by atoms with Crippen molar-refractivity contribution in [3.05, 3.63) is 82.1 Å². The molecule has 0 spiro atoms. The molecule has 1 amide bonds. The van der Waals surface area contributed by atoms with Crippen molar-refractivity contribution in [1.29, 1.82) is 0 Å². The van der Waals surface area contributed by atoms with Gasteiger partial charge in [0.2, 0.25) is 0 Å². The molecule has 1 aliphatic rings. The molecule has 150 valence electrons. The summed E-state index contributed by atoms with van der Waals surface area (Å²) >= 11 is 1.40. The highest BCUT2D eigenvalue weighted by molar-refractivity contribution is 7.17. The summed E-state index contributed by atoms with van der Waals surface area (Å²) < 4.78 is 6.89. The van der Waals surface area contributed by atoms with Crippen molar-refractivity contribution in [2.24, 2.45) is 5.92 Å². The third-order valence-electron chi connectivity index (χ3n) is 5.33. The van der Waals surface area contributed by atoms with E-state index in [0.717, 1.165) is 28.0 Å². The average Bonchev–Trinajstić information content (AvgIpc) is 3.16. The third-order valence-corrected chi connectivity index (χ3v) is 6.22. The van der Waals surface area contributed by atoms with E-state index >= 15 is 0 Å². The predicted octanol–water partition coefficient (Wildman–Crippen LogP) is 4.62. The Bertz CT molecular complexity index is 1320. The zero-order valence-corrected chi connectivity index (χ0v) is 17.1. The van der Waals surface area contributed by atoms with Gasteiger partial charge in [-0.15, -0.1) is 11.3 Å². The molecule has 4 aromatic rings. The largest absolute Gasteiger partial charge is 0.461 e. The van der Waals surface area contributed by atoms with Crippen LogP contribution in [-0.4, -0.2) is 15.6 Å². The molecule has 3 aromatic heterocycles. The summed E-state index contributed by atoms with van der Waals surface area (Å²) in [4.78, 5) is 30.3. The number of hydrogen-bond acceptors (Lipinski definition) is 5. The van der Waals surface area contributed by atoms with Crippen molar-refractivity contribution in [2.75, 3.05) is 5.43 Å². The molecule has 1 aliphatic carbocycles. The van der Waals surface area contributed by atoms with Crippen molar-refractivity contribution in [3.63, 3.8) is 0 Å². The van der Waals surface area contributed by atoms with E-state index in [4.69, 9.17) is 4.42 Å². The number of fused-ring (bicyclic) bond motifs is 1. The van der Waals surface area contributed by atoms with Gasteiger partial charge in [-0.05, 0) is 36.1 Å². The Balaban J connectivity index is 1.37. The Labute approximate surface area is 176 Å². The van der Waals surface area contributed by atoms with Gasteiger partial charge in [0.25, 0.3) is 11.5 Å². The minimum atomic E-state index is -0.438. The van der Waals surface area contributed by atoms with E-state index in [0.29, 0.717) is 27.8 Å². The number of thiophene rings is 1. The Kier molecular flexibility index (Phi) is 4.59. The molecule has 3 heterocycles. The molecular formula is C23H19N3O3S. The highest BCUT2D eigenvalue weighted by atomic mass is 32.1. The second kappa shape index (κ2) is 7.42. The van der Waals surface area contributed by atoms with E-state index in [1.54, 1.807) is 6.08 Å².